The normalized spacial score (nSPS) is 12.7. The molecule has 0 fully saturated rings. The lowest BCUT2D eigenvalue weighted by atomic mass is 10.2. The van der Waals surface area contributed by atoms with Crippen LogP contribution in [0, 0.1) is 0 Å². The van der Waals surface area contributed by atoms with E-state index in [0.29, 0.717) is 18.5 Å². The largest absolute Gasteiger partial charge is 0.396 e. The van der Waals surface area contributed by atoms with Gasteiger partial charge in [-0.25, -0.2) is 4.68 Å². The molecular formula is C8H14N4O2. The average Bonchev–Trinajstić information content (AvgIpc) is 2.54. The number of primary amides is 1. The van der Waals surface area contributed by atoms with Gasteiger partial charge >= 0.3 is 0 Å². The summed E-state index contributed by atoms with van der Waals surface area (Å²) in [5.74, 6) is -0.423. The summed E-state index contributed by atoms with van der Waals surface area (Å²) in [5, 5.41) is 16.2. The third-order valence-corrected chi connectivity index (χ3v) is 1.96. The maximum absolute atomic E-state index is 11.0. The second-order valence-corrected chi connectivity index (χ2v) is 2.99. The molecule has 1 heterocycles. The van der Waals surface area contributed by atoms with Crippen LogP contribution in [0.4, 0.5) is 0 Å². The SMILES string of the molecule is CCC(C(N)=O)n1cc(CCO)nn1. The molecule has 1 unspecified atom stereocenters. The van der Waals surface area contributed by atoms with Gasteiger partial charge in [-0.15, -0.1) is 5.10 Å². The summed E-state index contributed by atoms with van der Waals surface area (Å²) in [6, 6.07) is -0.449. The van der Waals surface area contributed by atoms with Crippen LogP contribution in [0.5, 0.6) is 0 Å². The van der Waals surface area contributed by atoms with Crippen molar-refractivity contribution in [3.8, 4) is 0 Å². The maximum Gasteiger partial charge on any atom is 0.242 e. The van der Waals surface area contributed by atoms with Gasteiger partial charge in [0.25, 0.3) is 0 Å². The van der Waals surface area contributed by atoms with Gasteiger partial charge in [-0.05, 0) is 6.42 Å². The zero-order valence-corrected chi connectivity index (χ0v) is 8.05. The minimum absolute atomic E-state index is 0.0199. The fraction of sp³-hybridized carbons (Fsp3) is 0.625. The molecule has 3 N–H and O–H groups in total. The molecule has 78 valence electrons. The highest BCUT2D eigenvalue weighted by molar-refractivity contribution is 5.78. The molecule has 0 radical (unpaired) electrons. The van der Waals surface area contributed by atoms with Crippen LogP contribution in [-0.2, 0) is 11.2 Å². The maximum atomic E-state index is 11.0. The molecule has 1 aromatic rings. The Morgan fingerprint density at radius 3 is 3.00 bits per heavy atom. The Morgan fingerprint density at radius 1 is 1.79 bits per heavy atom. The van der Waals surface area contributed by atoms with E-state index in [-0.39, 0.29) is 6.61 Å². The summed E-state index contributed by atoms with van der Waals surface area (Å²) in [4.78, 5) is 11.0. The van der Waals surface area contributed by atoms with Crippen molar-refractivity contribution < 1.29 is 9.90 Å². The van der Waals surface area contributed by atoms with Crippen molar-refractivity contribution in [3.05, 3.63) is 11.9 Å². The second kappa shape index (κ2) is 4.71. The number of carbonyl (C=O) groups excluding carboxylic acids is 1. The number of rotatable bonds is 5. The van der Waals surface area contributed by atoms with Crippen LogP contribution in [0.15, 0.2) is 6.20 Å². The molecule has 1 amide bonds. The van der Waals surface area contributed by atoms with E-state index in [1.807, 2.05) is 6.92 Å². The standard InChI is InChI=1S/C8H14N4O2/c1-2-7(8(9)14)12-5-6(3-4-13)10-11-12/h5,7,13H,2-4H2,1H3,(H2,9,14). The number of carbonyl (C=O) groups is 1. The van der Waals surface area contributed by atoms with Crippen molar-refractivity contribution >= 4 is 5.91 Å². The molecule has 14 heavy (non-hydrogen) atoms. The van der Waals surface area contributed by atoms with E-state index >= 15 is 0 Å². The molecule has 0 aliphatic heterocycles. The summed E-state index contributed by atoms with van der Waals surface area (Å²) in [6.07, 6.45) is 2.65. The first-order valence-electron chi connectivity index (χ1n) is 4.50. The number of nitrogens with two attached hydrogens (primary N) is 1. The molecule has 6 heteroatoms. The first kappa shape index (κ1) is 10.6. The summed E-state index contributed by atoms with van der Waals surface area (Å²) >= 11 is 0. The van der Waals surface area contributed by atoms with Crippen LogP contribution in [-0.4, -0.2) is 32.6 Å². The van der Waals surface area contributed by atoms with Crippen molar-refractivity contribution in [1.29, 1.82) is 0 Å². The Labute approximate surface area is 81.7 Å². The predicted molar refractivity (Wildman–Crippen MR) is 49.3 cm³/mol. The zero-order valence-electron chi connectivity index (χ0n) is 8.05. The van der Waals surface area contributed by atoms with Gasteiger partial charge in [0.05, 0.1) is 5.69 Å². The van der Waals surface area contributed by atoms with Crippen LogP contribution < -0.4 is 5.73 Å². The molecule has 0 saturated carbocycles. The monoisotopic (exact) mass is 198 g/mol. The molecule has 0 aliphatic carbocycles. The number of nitrogens with zero attached hydrogens (tertiary/aromatic N) is 3. The van der Waals surface area contributed by atoms with Crippen LogP contribution in [0.3, 0.4) is 0 Å². The first-order valence-corrected chi connectivity index (χ1v) is 4.50. The van der Waals surface area contributed by atoms with E-state index in [4.69, 9.17) is 10.8 Å². The molecule has 1 rings (SSSR count). The highest BCUT2D eigenvalue weighted by Gasteiger charge is 2.16. The van der Waals surface area contributed by atoms with Crippen LogP contribution in [0.1, 0.15) is 25.1 Å². The minimum atomic E-state index is -0.449. The van der Waals surface area contributed by atoms with E-state index in [1.54, 1.807) is 6.20 Å². The molecule has 0 spiro atoms. The quantitative estimate of drug-likeness (QED) is 0.650. The van der Waals surface area contributed by atoms with Crippen LogP contribution in [0.25, 0.3) is 0 Å². The third kappa shape index (κ3) is 2.29. The predicted octanol–water partition coefficient (Wildman–Crippen LogP) is -0.751. The summed E-state index contributed by atoms with van der Waals surface area (Å²) in [6.45, 7) is 1.87. The summed E-state index contributed by atoms with van der Waals surface area (Å²) in [7, 11) is 0. The van der Waals surface area contributed by atoms with Crippen molar-refractivity contribution in [2.75, 3.05) is 6.61 Å². The number of aliphatic hydroxyl groups excluding tert-OH is 1. The topological polar surface area (TPSA) is 94.0 Å². The van der Waals surface area contributed by atoms with Crippen molar-refractivity contribution in [2.45, 2.75) is 25.8 Å². The van der Waals surface area contributed by atoms with Gasteiger partial charge in [-0.1, -0.05) is 12.1 Å². The van der Waals surface area contributed by atoms with Crippen molar-refractivity contribution in [1.82, 2.24) is 15.0 Å². The number of hydrogen-bond donors (Lipinski definition) is 2. The van der Waals surface area contributed by atoms with E-state index in [1.165, 1.54) is 4.68 Å². The van der Waals surface area contributed by atoms with Gasteiger partial charge < -0.3 is 10.8 Å². The molecular weight excluding hydrogens is 184 g/mol. The molecule has 0 aliphatic rings. The smallest absolute Gasteiger partial charge is 0.242 e. The highest BCUT2D eigenvalue weighted by Crippen LogP contribution is 2.09. The van der Waals surface area contributed by atoms with Crippen molar-refractivity contribution in [3.63, 3.8) is 0 Å². The van der Waals surface area contributed by atoms with E-state index in [0.717, 1.165) is 0 Å². The van der Waals surface area contributed by atoms with Crippen molar-refractivity contribution in [2.24, 2.45) is 5.73 Å². The number of aromatic nitrogens is 3. The van der Waals surface area contributed by atoms with Gasteiger partial charge in [-0.2, -0.15) is 0 Å². The fourth-order valence-electron chi connectivity index (χ4n) is 1.21. The summed E-state index contributed by atoms with van der Waals surface area (Å²) < 4.78 is 1.44. The van der Waals surface area contributed by atoms with Gasteiger partial charge in [-0.3, -0.25) is 4.79 Å². The Kier molecular flexibility index (Phi) is 3.58. The van der Waals surface area contributed by atoms with Gasteiger partial charge in [0.2, 0.25) is 5.91 Å². The summed E-state index contributed by atoms with van der Waals surface area (Å²) in [5.41, 5.74) is 5.84. The minimum Gasteiger partial charge on any atom is -0.396 e. The Balaban J connectivity index is 2.78. The lowest BCUT2D eigenvalue weighted by Gasteiger charge is -2.09. The number of aliphatic hydroxyl groups is 1. The Hall–Kier alpha value is -1.43. The molecule has 0 aromatic carbocycles. The zero-order chi connectivity index (χ0) is 10.6. The average molecular weight is 198 g/mol. The molecule has 6 nitrogen and oxygen atoms in total. The fourth-order valence-corrected chi connectivity index (χ4v) is 1.21. The van der Waals surface area contributed by atoms with E-state index in [9.17, 15) is 4.79 Å². The molecule has 0 bridgehead atoms. The van der Waals surface area contributed by atoms with Gasteiger partial charge in [0, 0.05) is 19.2 Å². The second-order valence-electron chi connectivity index (χ2n) is 2.99. The lowest BCUT2D eigenvalue weighted by molar-refractivity contribution is -0.121. The highest BCUT2D eigenvalue weighted by atomic mass is 16.3. The van der Waals surface area contributed by atoms with Crippen LogP contribution >= 0.6 is 0 Å². The molecule has 1 aromatic heterocycles. The van der Waals surface area contributed by atoms with Gasteiger partial charge in [0.1, 0.15) is 6.04 Å². The first-order chi connectivity index (χ1) is 6.69. The van der Waals surface area contributed by atoms with Crippen LogP contribution in [0.2, 0.25) is 0 Å². The number of hydrogen-bond acceptors (Lipinski definition) is 4. The third-order valence-electron chi connectivity index (χ3n) is 1.96. The van der Waals surface area contributed by atoms with E-state index in [2.05, 4.69) is 10.3 Å². The Morgan fingerprint density at radius 2 is 2.50 bits per heavy atom. The lowest BCUT2D eigenvalue weighted by Crippen LogP contribution is -2.26. The molecule has 0 saturated heterocycles. The Bertz CT molecular complexity index is 310. The van der Waals surface area contributed by atoms with Gasteiger partial charge in [0.15, 0.2) is 0 Å². The molecule has 1 atom stereocenters. The van der Waals surface area contributed by atoms with E-state index < -0.39 is 11.9 Å². The number of amides is 1.